The molecule has 0 bridgehead atoms. The highest BCUT2D eigenvalue weighted by molar-refractivity contribution is 7.18. The molecule has 1 fully saturated rings. The van der Waals surface area contributed by atoms with Crippen LogP contribution in [-0.4, -0.2) is 28.0 Å². The van der Waals surface area contributed by atoms with Crippen molar-refractivity contribution in [2.45, 2.75) is 33.2 Å². The number of pyridine rings is 1. The van der Waals surface area contributed by atoms with Crippen molar-refractivity contribution in [1.82, 2.24) is 15.0 Å². The third-order valence-electron chi connectivity index (χ3n) is 4.68. The highest BCUT2D eigenvalue weighted by Crippen LogP contribution is 2.33. The Kier molecular flexibility index (Phi) is 4.06. The van der Waals surface area contributed by atoms with Crippen LogP contribution in [0.2, 0.25) is 0 Å². The molecule has 3 aromatic heterocycles. The van der Waals surface area contributed by atoms with E-state index in [9.17, 15) is 0 Å². The molecule has 0 unspecified atom stereocenters. The molecule has 1 aliphatic rings. The van der Waals surface area contributed by atoms with Crippen molar-refractivity contribution in [3.05, 3.63) is 40.7 Å². The molecule has 1 N–H and O–H groups in total. The highest BCUT2D eigenvalue weighted by Gasteiger charge is 2.17. The summed E-state index contributed by atoms with van der Waals surface area (Å²) in [5, 5.41) is 4.66. The van der Waals surface area contributed by atoms with Gasteiger partial charge in [0.1, 0.15) is 22.8 Å². The lowest BCUT2D eigenvalue weighted by Crippen LogP contribution is -2.21. The van der Waals surface area contributed by atoms with E-state index >= 15 is 0 Å². The second-order valence-electron chi connectivity index (χ2n) is 6.22. The first kappa shape index (κ1) is 15.3. The molecule has 0 spiro atoms. The van der Waals surface area contributed by atoms with E-state index in [0.29, 0.717) is 0 Å². The van der Waals surface area contributed by atoms with Gasteiger partial charge in [-0.05, 0) is 38.3 Å². The molecule has 6 heteroatoms. The number of hydrogen-bond acceptors (Lipinski definition) is 6. The van der Waals surface area contributed by atoms with E-state index in [2.05, 4.69) is 45.1 Å². The average molecular weight is 339 g/mol. The maximum absolute atomic E-state index is 4.61. The third kappa shape index (κ3) is 2.71. The Bertz CT molecular complexity index is 867. The molecular formula is C18H21N5S. The van der Waals surface area contributed by atoms with Crippen molar-refractivity contribution in [2.75, 3.05) is 23.3 Å². The van der Waals surface area contributed by atoms with Crippen molar-refractivity contribution in [3.8, 4) is 0 Å². The van der Waals surface area contributed by atoms with Crippen LogP contribution >= 0.6 is 11.3 Å². The largest absolute Gasteiger partial charge is 0.365 e. The first-order chi connectivity index (χ1) is 11.7. The number of thiophene rings is 1. The Morgan fingerprint density at radius 3 is 2.83 bits per heavy atom. The number of nitrogens with one attached hydrogen (secondary N) is 1. The Morgan fingerprint density at radius 1 is 1.17 bits per heavy atom. The SMILES string of the molecule is Cc1sc2ncnc(NCc3cccnc3N3CCCC3)c2c1C. The van der Waals surface area contributed by atoms with E-state index < -0.39 is 0 Å². The summed E-state index contributed by atoms with van der Waals surface area (Å²) in [6.07, 6.45) is 6.03. The molecule has 4 heterocycles. The Morgan fingerprint density at radius 2 is 2.00 bits per heavy atom. The van der Waals surface area contributed by atoms with Crippen molar-refractivity contribution >= 4 is 33.2 Å². The second-order valence-corrected chi connectivity index (χ2v) is 7.42. The summed E-state index contributed by atoms with van der Waals surface area (Å²) in [7, 11) is 0. The summed E-state index contributed by atoms with van der Waals surface area (Å²) >= 11 is 1.73. The van der Waals surface area contributed by atoms with Gasteiger partial charge in [-0.15, -0.1) is 11.3 Å². The van der Waals surface area contributed by atoms with Crippen LogP contribution in [0, 0.1) is 13.8 Å². The minimum Gasteiger partial charge on any atom is -0.365 e. The molecule has 1 aliphatic heterocycles. The lowest BCUT2D eigenvalue weighted by molar-refractivity contribution is 0.914. The van der Waals surface area contributed by atoms with Gasteiger partial charge >= 0.3 is 0 Å². The van der Waals surface area contributed by atoms with Crippen molar-refractivity contribution in [3.63, 3.8) is 0 Å². The van der Waals surface area contributed by atoms with Crippen LogP contribution < -0.4 is 10.2 Å². The Balaban J connectivity index is 1.62. The van der Waals surface area contributed by atoms with E-state index in [1.165, 1.54) is 28.8 Å². The average Bonchev–Trinajstić information content (AvgIpc) is 3.23. The number of aromatic nitrogens is 3. The van der Waals surface area contributed by atoms with Gasteiger partial charge in [0.15, 0.2) is 0 Å². The number of nitrogens with zero attached hydrogens (tertiary/aromatic N) is 4. The molecule has 24 heavy (non-hydrogen) atoms. The van der Waals surface area contributed by atoms with E-state index in [-0.39, 0.29) is 0 Å². The molecule has 3 aromatic rings. The molecule has 0 aromatic carbocycles. The van der Waals surface area contributed by atoms with Crippen molar-refractivity contribution < 1.29 is 0 Å². The van der Waals surface area contributed by atoms with Gasteiger partial charge in [0.05, 0.1) is 5.39 Å². The minimum absolute atomic E-state index is 0.722. The van der Waals surface area contributed by atoms with E-state index in [0.717, 1.165) is 41.5 Å². The van der Waals surface area contributed by atoms with Gasteiger partial charge in [0, 0.05) is 36.3 Å². The first-order valence-electron chi connectivity index (χ1n) is 8.37. The van der Waals surface area contributed by atoms with Gasteiger partial charge in [-0.25, -0.2) is 15.0 Å². The second kappa shape index (κ2) is 6.36. The first-order valence-corrected chi connectivity index (χ1v) is 9.19. The van der Waals surface area contributed by atoms with Gasteiger partial charge in [0.25, 0.3) is 0 Å². The summed E-state index contributed by atoms with van der Waals surface area (Å²) in [4.78, 5) is 18.2. The van der Waals surface area contributed by atoms with Gasteiger partial charge in [-0.2, -0.15) is 0 Å². The number of fused-ring (bicyclic) bond motifs is 1. The lowest BCUT2D eigenvalue weighted by Gasteiger charge is -2.20. The lowest BCUT2D eigenvalue weighted by atomic mass is 10.2. The number of aryl methyl sites for hydroxylation is 2. The molecule has 0 amide bonds. The topological polar surface area (TPSA) is 53.9 Å². The summed E-state index contributed by atoms with van der Waals surface area (Å²) in [6, 6.07) is 4.16. The molecular weight excluding hydrogens is 318 g/mol. The summed E-state index contributed by atoms with van der Waals surface area (Å²) in [6.45, 7) is 7.20. The predicted molar refractivity (Wildman–Crippen MR) is 99.9 cm³/mol. The zero-order chi connectivity index (χ0) is 16.5. The van der Waals surface area contributed by atoms with Crippen LogP contribution in [0.3, 0.4) is 0 Å². The molecule has 0 radical (unpaired) electrons. The standard InChI is InChI=1S/C18H21N5S/c1-12-13(2)24-18-15(12)16(21-11-22-18)20-10-14-6-5-7-19-17(14)23-8-3-4-9-23/h5-7,11H,3-4,8-10H2,1-2H3,(H,20,21,22). The third-order valence-corrected chi connectivity index (χ3v) is 5.80. The van der Waals surface area contributed by atoms with Crippen LogP contribution in [0.5, 0.6) is 0 Å². The van der Waals surface area contributed by atoms with Crippen LogP contribution in [0.15, 0.2) is 24.7 Å². The number of rotatable bonds is 4. The smallest absolute Gasteiger partial charge is 0.138 e. The van der Waals surface area contributed by atoms with Gasteiger partial charge in [-0.3, -0.25) is 0 Å². The monoisotopic (exact) mass is 339 g/mol. The maximum atomic E-state index is 4.61. The van der Waals surface area contributed by atoms with E-state index in [1.807, 2.05) is 12.3 Å². The maximum Gasteiger partial charge on any atom is 0.138 e. The Hall–Kier alpha value is -2.21. The van der Waals surface area contributed by atoms with Crippen LogP contribution in [-0.2, 0) is 6.54 Å². The van der Waals surface area contributed by atoms with Gasteiger partial charge < -0.3 is 10.2 Å². The molecule has 1 saturated heterocycles. The fourth-order valence-corrected chi connectivity index (χ4v) is 4.27. The molecule has 0 aliphatic carbocycles. The fraction of sp³-hybridized carbons (Fsp3) is 0.389. The molecule has 4 rings (SSSR count). The van der Waals surface area contributed by atoms with Crippen LogP contribution in [0.4, 0.5) is 11.6 Å². The molecule has 0 saturated carbocycles. The highest BCUT2D eigenvalue weighted by atomic mass is 32.1. The van der Waals surface area contributed by atoms with Crippen molar-refractivity contribution in [1.29, 1.82) is 0 Å². The van der Waals surface area contributed by atoms with Gasteiger partial charge in [0.2, 0.25) is 0 Å². The number of hydrogen-bond donors (Lipinski definition) is 1. The van der Waals surface area contributed by atoms with Crippen LogP contribution in [0.25, 0.3) is 10.2 Å². The van der Waals surface area contributed by atoms with E-state index in [4.69, 9.17) is 0 Å². The summed E-state index contributed by atoms with van der Waals surface area (Å²) in [5.74, 6) is 2.02. The normalized spacial score (nSPS) is 14.5. The summed E-state index contributed by atoms with van der Waals surface area (Å²) in [5.41, 5.74) is 2.49. The van der Waals surface area contributed by atoms with E-state index in [1.54, 1.807) is 17.7 Å². The van der Waals surface area contributed by atoms with Crippen molar-refractivity contribution in [2.24, 2.45) is 0 Å². The zero-order valence-corrected chi connectivity index (χ0v) is 14.9. The zero-order valence-electron chi connectivity index (χ0n) is 14.0. The van der Waals surface area contributed by atoms with Crippen LogP contribution in [0.1, 0.15) is 28.8 Å². The minimum atomic E-state index is 0.722. The fourth-order valence-electron chi connectivity index (χ4n) is 3.28. The summed E-state index contributed by atoms with van der Waals surface area (Å²) < 4.78 is 0. The quantitative estimate of drug-likeness (QED) is 0.781. The predicted octanol–water partition coefficient (Wildman–Crippen LogP) is 3.92. The van der Waals surface area contributed by atoms with Gasteiger partial charge in [-0.1, -0.05) is 6.07 Å². The number of anilines is 2. The Labute approximate surface area is 145 Å². The molecule has 124 valence electrons. The molecule has 5 nitrogen and oxygen atoms in total. The molecule has 0 atom stereocenters.